The smallest absolute Gasteiger partial charge is 0.183 e. The Bertz CT molecular complexity index is 620. The Labute approximate surface area is 124 Å². The van der Waals surface area contributed by atoms with Crippen molar-refractivity contribution in [3.8, 4) is 11.3 Å². The van der Waals surface area contributed by atoms with Crippen molar-refractivity contribution in [1.29, 1.82) is 0 Å². The first-order chi connectivity index (χ1) is 9.05. The Morgan fingerprint density at radius 3 is 2.47 bits per heavy atom. The van der Waals surface area contributed by atoms with Crippen LogP contribution in [0.25, 0.3) is 11.3 Å². The van der Waals surface area contributed by atoms with Gasteiger partial charge in [0.1, 0.15) is 0 Å². The highest BCUT2D eigenvalue weighted by molar-refractivity contribution is 7.18. The fraction of sp³-hybridized carbons (Fsp3) is 0.167. The van der Waals surface area contributed by atoms with E-state index in [2.05, 4.69) is 15.5 Å². The molecule has 4 nitrogen and oxygen atoms in total. The fourth-order valence-electron chi connectivity index (χ4n) is 1.60. The number of hydrogen-bond acceptors (Lipinski definition) is 5. The third kappa shape index (κ3) is 3.00. The Morgan fingerprint density at radius 2 is 1.95 bits per heavy atom. The lowest BCUT2D eigenvalue weighted by Crippen LogP contribution is -1.94. The molecule has 1 heterocycles. The number of nitrogens with zero attached hydrogens (tertiary/aromatic N) is 2. The molecule has 2 aromatic rings. The van der Waals surface area contributed by atoms with E-state index in [9.17, 15) is 0 Å². The summed E-state index contributed by atoms with van der Waals surface area (Å²) < 4.78 is 0. The minimum atomic E-state index is 0.491. The van der Waals surface area contributed by atoms with Crippen molar-refractivity contribution < 1.29 is 5.21 Å². The number of aromatic nitrogens is 1. The first kappa shape index (κ1) is 14.1. The van der Waals surface area contributed by atoms with Crippen molar-refractivity contribution in [2.75, 3.05) is 12.4 Å². The minimum absolute atomic E-state index is 0.491. The summed E-state index contributed by atoms with van der Waals surface area (Å²) in [6.07, 6.45) is 0. The Morgan fingerprint density at radius 1 is 1.32 bits per heavy atom. The molecular weight excluding hydrogens is 305 g/mol. The number of rotatable bonds is 3. The number of anilines is 1. The van der Waals surface area contributed by atoms with Crippen LogP contribution < -0.4 is 5.32 Å². The minimum Gasteiger partial charge on any atom is -0.411 e. The normalized spacial score (nSPS) is 11.7. The van der Waals surface area contributed by atoms with Crippen molar-refractivity contribution in [1.82, 2.24) is 4.98 Å². The summed E-state index contributed by atoms with van der Waals surface area (Å²) in [5.74, 6) is 0. The van der Waals surface area contributed by atoms with Gasteiger partial charge in [0.25, 0.3) is 0 Å². The topological polar surface area (TPSA) is 57.5 Å². The van der Waals surface area contributed by atoms with Crippen LogP contribution in [0.5, 0.6) is 0 Å². The van der Waals surface area contributed by atoms with Crippen LogP contribution >= 0.6 is 34.5 Å². The summed E-state index contributed by atoms with van der Waals surface area (Å²) in [5, 5.41) is 16.9. The molecule has 0 saturated carbocycles. The van der Waals surface area contributed by atoms with E-state index in [1.165, 1.54) is 11.3 Å². The zero-order valence-electron chi connectivity index (χ0n) is 10.2. The van der Waals surface area contributed by atoms with E-state index in [1.54, 1.807) is 32.2 Å². The molecule has 0 aliphatic carbocycles. The van der Waals surface area contributed by atoms with Gasteiger partial charge in [0.2, 0.25) is 0 Å². The second-order valence-corrected chi connectivity index (χ2v) is 5.66. The largest absolute Gasteiger partial charge is 0.411 e. The molecule has 2 rings (SSSR count). The monoisotopic (exact) mass is 315 g/mol. The van der Waals surface area contributed by atoms with E-state index < -0.39 is 0 Å². The molecule has 0 radical (unpaired) electrons. The van der Waals surface area contributed by atoms with Crippen molar-refractivity contribution in [3.63, 3.8) is 0 Å². The summed E-state index contributed by atoms with van der Waals surface area (Å²) in [4.78, 5) is 5.22. The van der Waals surface area contributed by atoms with Crippen LogP contribution in [0, 0.1) is 0 Å². The molecule has 19 heavy (non-hydrogen) atoms. The number of benzene rings is 1. The van der Waals surface area contributed by atoms with Gasteiger partial charge in [-0.15, -0.1) is 0 Å². The van der Waals surface area contributed by atoms with Crippen LogP contribution in [0.3, 0.4) is 0 Å². The molecular formula is C12H11Cl2N3OS. The molecule has 7 heteroatoms. The molecule has 0 fully saturated rings. The van der Waals surface area contributed by atoms with Crippen LogP contribution in [0.4, 0.5) is 5.13 Å². The van der Waals surface area contributed by atoms with Crippen molar-refractivity contribution >= 4 is 45.4 Å². The van der Waals surface area contributed by atoms with Crippen LogP contribution in [0.15, 0.2) is 23.4 Å². The molecule has 1 aromatic carbocycles. The van der Waals surface area contributed by atoms with Gasteiger partial charge in [-0.05, 0) is 25.1 Å². The quantitative estimate of drug-likeness (QED) is 0.502. The van der Waals surface area contributed by atoms with E-state index >= 15 is 0 Å². The van der Waals surface area contributed by atoms with E-state index in [0.29, 0.717) is 21.5 Å². The number of hydrogen-bond donors (Lipinski definition) is 2. The SMILES string of the molecule is CNc1nc(-c2cc(Cl)cc(Cl)c2)c(/C(C)=N/O)s1. The first-order valence-electron chi connectivity index (χ1n) is 5.39. The molecule has 2 N–H and O–H groups in total. The van der Waals surface area contributed by atoms with Gasteiger partial charge in [0, 0.05) is 22.7 Å². The molecule has 1 aromatic heterocycles. The Kier molecular flexibility index (Phi) is 4.29. The molecule has 0 amide bonds. The van der Waals surface area contributed by atoms with Crippen LogP contribution in [-0.2, 0) is 0 Å². The molecule has 0 unspecified atom stereocenters. The van der Waals surface area contributed by atoms with E-state index in [-0.39, 0.29) is 0 Å². The lowest BCUT2D eigenvalue weighted by molar-refractivity contribution is 0.319. The average molecular weight is 316 g/mol. The number of thiazole rings is 1. The van der Waals surface area contributed by atoms with Crippen molar-refractivity contribution in [2.45, 2.75) is 6.92 Å². The molecule has 0 saturated heterocycles. The summed E-state index contributed by atoms with van der Waals surface area (Å²) in [6, 6.07) is 5.21. The zero-order valence-corrected chi connectivity index (χ0v) is 12.6. The fourth-order valence-corrected chi connectivity index (χ4v) is 3.01. The molecule has 0 bridgehead atoms. The van der Waals surface area contributed by atoms with E-state index in [4.69, 9.17) is 28.4 Å². The van der Waals surface area contributed by atoms with Gasteiger partial charge in [0.05, 0.1) is 16.3 Å². The number of nitrogens with one attached hydrogen (secondary N) is 1. The zero-order chi connectivity index (χ0) is 14.0. The highest BCUT2D eigenvalue weighted by Gasteiger charge is 2.16. The maximum Gasteiger partial charge on any atom is 0.183 e. The first-order valence-corrected chi connectivity index (χ1v) is 6.96. The Hall–Kier alpha value is -1.30. The number of oxime groups is 1. The predicted molar refractivity (Wildman–Crippen MR) is 81.1 cm³/mol. The summed E-state index contributed by atoms with van der Waals surface area (Å²) in [5.41, 5.74) is 1.97. The predicted octanol–water partition coefficient (Wildman–Crippen LogP) is 4.36. The maximum absolute atomic E-state index is 8.95. The molecule has 100 valence electrons. The molecule has 0 aliphatic rings. The molecule has 0 atom stereocenters. The Balaban J connectivity index is 2.63. The van der Waals surface area contributed by atoms with Gasteiger partial charge < -0.3 is 10.5 Å². The van der Waals surface area contributed by atoms with Gasteiger partial charge in [-0.1, -0.05) is 39.7 Å². The lowest BCUT2D eigenvalue weighted by Gasteiger charge is -2.03. The van der Waals surface area contributed by atoms with Crippen molar-refractivity contribution in [2.24, 2.45) is 5.16 Å². The average Bonchev–Trinajstić information content (AvgIpc) is 2.81. The van der Waals surface area contributed by atoms with E-state index in [0.717, 1.165) is 15.6 Å². The highest BCUT2D eigenvalue weighted by atomic mass is 35.5. The van der Waals surface area contributed by atoms with Gasteiger partial charge >= 0.3 is 0 Å². The van der Waals surface area contributed by atoms with Gasteiger partial charge in [0.15, 0.2) is 5.13 Å². The third-order valence-electron chi connectivity index (χ3n) is 2.46. The van der Waals surface area contributed by atoms with Gasteiger partial charge in [-0.25, -0.2) is 4.98 Å². The second kappa shape index (κ2) is 5.77. The summed E-state index contributed by atoms with van der Waals surface area (Å²) in [7, 11) is 1.78. The third-order valence-corrected chi connectivity index (χ3v) is 4.07. The maximum atomic E-state index is 8.95. The molecule has 0 spiro atoms. The lowest BCUT2D eigenvalue weighted by atomic mass is 10.1. The standard InChI is InChI=1S/C12H11Cl2N3OS/c1-6(17-18)11-10(16-12(15-2)19-11)7-3-8(13)5-9(14)4-7/h3-5,18H,1-2H3,(H,15,16)/b17-6+. The highest BCUT2D eigenvalue weighted by Crippen LogP contribution is 2.34. The second-order valence-electron chi connectivity index (χ2n) is 3.79. The number of halogens is 2. The van der Waals surface area contributed by atoms with E-state index in [1.807, 2.05) is 0 Å². The van der Waals surface area contributed by atoms with Crippen molar-refractivity contribution in [3.05, 3.63) is 33.1 Å². The van der Waals surface area contributed by atoms with Gasteiger partial charge in [-0.3, -0.25) is 0 Å². The summed E-state index contributed by atoms with van der Waals surface area (Å²) in [6.45, 7) is 1.71. The van der Waals surface area contributed by atoms with Gasteiger partial charge in [-0.2, -0.15) is 0 Å². The van der Waals surface area contributed by atoms with Crippen LogP contribution in [-0.4, -0.2) is 23.0 Å². The van der Waals surface area contributed by atoms with Crippen LogP contribution in [0.2, 0.25) is 10.0 Å². The summed E-state index contributed by atoms with van der Waals surface area (Å²) >= 11 is 13.4. The van der Waals surface area contributed by atoms with Crippen LogP contribution in [0.1, 0.15) is 11.8 Å². The molecule has 0 aliphatic heterocycles.